The molecule has 0 aliphatic heterocycles. The molecular formula is C21H23F3N2O3. The number of hydrogen-bond donors (Lipinski definition) is 2. The number of ether oxygens (including phenoxy) is 1. The molecule has 0 fully saturated rings. The molecule has 0 aliphatic rings. The van der Waals surface area contributed by atoms with Crippen LogP contribution in [0.1, 0.15) is 34.0 Å². The summed E-state index contributed by atoms with van der Waals surface area (Å²) in [4.78, 5) is 24.1. The standard InChI is InChI=1S/C21H23F3N2O3/c1-13-8-9-16(10-14(13)2)20(28)25-11-19(27)26-15(3)12-29-18-7-5-4-6-17(18)21(22,23)24/h4-10,15H,11-12H2,1-3H3,(H,25,28)(H,26,27). The number of amides is 2. The normalized spacial score (nSPS) is 12.2. The van der Waals surface area contributed by atoms with Crippen molar-refractivity contribution in [2.75, 3.05) is 13.2 Å². The summed E-state index contributed by atoms with van der Waals surface area (Å²) in [5.74, 6) is -1.15. The lowest BCUT2D eigenvalue weighted by Crippen LogP contribution is -2.43. The van der Waals surface area contributed by atoms with Crippen molar-refractivity contribution < 1.29 is 27.5 Å². The van der Waals surface area contributed by atoms with Crippen LogP contribution in [0, 0.1) is 13.8 Å². The zero-order chi connectivity index (χ0) is 21.6. The first-order valence-electron chi connectivity index (χ1n) is 9.01. The minimum absolute atomic E-state index is 0.149. The number of hydrogen-bond acceptors (Lipinski definition) is 3. The van der Waals surface area contributed by atoms with E-state index in [1.165, 1.54) is 18.2 Å². The molecule has 1 atom stereocenters. The van der Waals surface area contributed by atoms with Gasteiger partial charge in [-0.3, -0.25) is 9.59 Å². The number of carbonyl (C=O) groups is 2. The van der Waals surface area contributed by atoms with Gasteiger partial charge in [-0.05, 0) is 56.2 Å². The lowest BCUT2D eigenvalue weighted by Gasteiger charge is -2.18. The average molecular weight is 408 g/mol. The number of aryl methyl sites for hydroxylation is 2. The Kier molecular flexibility index (Phi) is 7.25. The lowest BCUT2D eigenvalue weighted by molar-refractivity contribution is -0.139. The Balaban J connectivity index is 1.82. The van der Waals surface area contributed by atoms with Gasteiger partial charge in [-0.15, -0.1) is 0 Å². The number of carbonyl (C=O) groups excluding carboxylic acids is 2. The van der Waals surface area contributed by atoms with Crippen LogP contribution < -0.4 is 15.4 Å². The van der Waals surface area contributed by atoms with Crippen molar-refractivity contribution in [3.63, 3.8) is 0 Å². The third-order valence-electron chi connectivity index (χ3n) is 4.27. The van der Waals surface area contributed by atoms with E-state index in [-0.39, 0.29) is 24.8 Å². The molecule has 0 saturated heterocycles. The molecule has 2 aromatic rings. The van der Waals surface area contributed by atoms with Crippen molar-refractivity contribution in [1.29, 1.82) is 0 Å². The first kappa shape index (κ1) is 22.3. The molecule has 2 aromatic carbocycles. The molecule has 0 bridgehead atoms. The number of rotatable bonds is 7. The fourth-order valence-electron chi connectivity index (χ4n) is 2.55. The van der Waals surface area contributed by atoms with E-state index >= 15 is 0 Å². The summed E-state index contributed by atoms with van der Waals surface area (Å²) in [7, 11) is 0. The highest BCUT2D eigenvalue weighted by Gasteiger charge is 2.34. The zero-order valence-electron chi connectivity index (χ0n) is 16.4. The van der Waals surface area contributed by atoms with Gasteiger partial charge in [0.25, 0.3) is 5.91 Å². The van der Waals surface area contributed by atoms with Gasteiger partial charge in [-0.25, -0.2) is 0 Å². The number of benzene rings is 2. The Morgan fingerprint density at radius 3 is 2.41 bits per heavy atom. The van der Waals surface area contributed by atoms with Gasteiger partial charge in [-0.1, -0.05) is 18.2 Å². The topological polar surface area (TPSA) is 67.4 Å². The van der Waals surface area contributed by atoms with Gasteiger partial charge in [-0.2, -0.15) is 13.2 Å². The second-order valence-electron chi connectivity index (χ2n) is 6.76. The van der Waals surface area contributed by atoms with Crippen LogP contribution in [0.2, 0.25) is 0 Å². The molecule has 0 heterocycles. The van der Waals surface area contributed by atoms with Crippen molar-refractivity contribution in [2.45, 2.75) is 33.0 Å². The Bertz CT molecular complexity index is 882. The molecule has 0 spiro atoms. The number of alkyl halides is 3. The van der Waals surface area contributed by atoms with Crippen LogP contribution in [0.3, 0.4) is 0 Å². The highest BCUT2D eigenvalue weighted by atomic mass is 19.4. The van der Waals surface area contributed by atoms with Gasteiger partial charge >= 0.3 is 6.18 Å². The predicted molar refractivity (Wildman–Crippen MR) is 103 cm³/mol. The van der Waals surface area contributed by atoms with E-state index in [9.17, 15) is 22.8 Å². The summed E-state index contributed by atoms with van der Waals surface area (Å²) in [5.41, 5.74) is 1.59. The molecule has 2 N–H and O–H groups in total. The molecule has 2 rings (SSSR count). The van der Waals surface area contributed by atoms with Crippen LogP contribution in [0.15, 0.2) is 42.5 Å². The van der Waals surface area contributed by atoms with Gasteiger partial charge < -0.3 is 15.4 Å². The number of halogens is 3. The van der Waals surface area contributed by atoms with Crippen molar-refractivity contribution in [1.82, 2.24) is 10.6 Å². The van der Waals surface area contributed by atoms with Crippen LogP contribution in [-0.4, -0.2) is 31.0 Å². The Labute approximate surface area is 167 Å². The Morgan fingerprint density at radius 2 is 1.76 bits per heavy atom. The van der Waals surface area contributed by atoms with Crippen molar-refractivity contribution in [2.24, 2.45) is 0 Å². The third-order valence-corrected chi connectivity index (χ3v) is 4.27. The van der Waals surface area contributed by atoms with E-state index in [1.54, 1.807) is 19.1 Å². The summed E-state index contributed by atoms with van der Waals surface area (Å²) in [6, 6.07) is 9.54. The highest BCUT2D eigenvalue weighted by molar-refractivity contribution is 5.96. The summed E-state index contributed by atoms with van der Waals surface area (Å²) >= 11 is 0. The third kappa shape index (κ3) is 6.51. The van der Waals surface area contributed by atoms with Crippen LogP contribution >= 0.6 is 0 Å². The second-order valence-corrected chi connectivity index (χ2v) is 6.76. The van der Waals surface area contributed by atoms with Crippen LogP contribution in [0.5, 0.6) is 5.75 Å². The van der Waals surface area contributed by atoms with E-state index < -0.39 is 23.7 Å². The molecule has 0 aromatic heterocycles. The van der Waals surface area contributed by atoms with Crippen molar-refractivity contribution >= 4 is 11.8 Å². The molecule has 2 amide bonds. The quantitative estimate of drug-likeness (QED) is 0.735. The van der Waals surface area contributed by atoms with Gasteiger partial charge in [0, 0.05) is 5.56 Å². The van der Waals surface area contributed by atoms with E-state index in [0.717, 1.165) is 17.2 Å². The SMILES string of the molecule is Cc1ccc(C(=O)NCC(=O)NC(C)COc2ccccc2C(F)(F)F)cc1C. The zero-order valence-corrected chi connectivity index (χ0v) is 16.4. The van der Waals surface area contributed by atoms with Crippen molar-refractivity contribution in [3.05, 3.63) is 64.7 Å². The van der Waals surface area contributed by atoms with E-state index in [4.69, 9.17) is 4.74 Å². The Hall–Kier alpha value is -3.03. The molecule has 29 heavy (non-hydrogen) atoms. The summed E-state index contributed by atoms with van der Waals surface area (Å²) in [5, 5.41) is 5.09. The van der Waals surface area contributed by atoms with Gasteiger partial charge in [0.2, 0.25) is 5.91 Å². The van der Waals surface area contributed by atoms with E-state index in [0.29, 0.717) is 5.56 Å². The first-order valence-corrected chi connectivity index (χ1v) is 9.01. The molecule has 0 radical (unpaired) electrons. The number of para-hydroxylation sites is 1. The van der Waals surface area contributed by atoms with Gasteiger partial charge in [0.05, 0.1) is 18.2 Å². The van der Waals surface area contributed by atoms with Crippen LogP contribution in [0.25, 0.3) is 0 Å². The van der Waals surface area contributed by atoms with Crippen LogP contribution in [-0.2, 0) is 11.0 Å². The maximum Gasteiger partial charge on any atom is 0.419 e. The average Bonchev–Trinajstić information content (AvgIpc) is 2.66. The lowest BCUT2D eigenvalue weighted by atomic mass is 10.1. The molecule has 1 unspecified atom stereocenters. The number of nitrogens with one attached hydrogen (secondary N) is 2. The van der Waals surface area contributed by atoms with Gasteiger partial charge in [0.1, 0.15) is 12.4 Å². The molecule has 0 saturated carbocycles. The van der Waals surface area contributed by atoms with E-state index in [2.05, 4.69) is 10.6 Å². The maximum atomic E-state index is 13.0. The summed E-state index contributed by atoms with van der Waals surface area (Å²) in [6.45, 7) is 5.01. The maximum absolute atomic E-state index is 13.0. The largest absolute Gasteiger partial charge is 0.491 e. The smallest absolute Gasteiger partial charge is 0.419 e. The molecule has 0 aliphatic carbocycles. The Morgan fingerprint density at radius 1 is 1.07 bits per heavy atom. The second kappa shape index (κ2) is 9.45. The summed E-state index contributed by atoms with van der Waals surface area (Å²) < 4.78 is 44.1. The highest BCUT2D eigenvalue weighted by Crippen LogP contribution is 2.35. The molecule has 5 nitrogen and oxygen atoms in total. The fourth-order valence-corrected chi connectivity index (χ4v) is 2.55. The predicted octanol–water partition coefficient (Wildman–Crippen LogP) is 3.64. The first-order chi connectivity index (χ1) is 13.6. The van der Waals surface area contributed by atoms with Crippen LogP contribution in [0.4, 0.5) is 13.2 Å². The molecule has 8 heteroatoms. The molecular weight excluding hydrogens is 385 g/mol. The summed E-state index contributed by atoms with van der Waals surface area (Å²) in [6.07, 6.45) is -4.53. The fraction of sp³-hybridized carbons (Fsp3) is 0.333. The minimum Gasteiger partial charge on any atom is -0.491 e. The minimum atomic E-state index is -4.53. The van der Waals surface area contributed by atoms with Gasteiger partial charge in [0.15, 0.2) is 0 Å². The van der Waals surface area contributed by atoms with Crippen molar-refractivity contribution in [3.8, 4) is 5.75 Å². The molecule has 156 valence electrons. The van der Waals surface area contributed by atoms with E-state index in [1.807, 2.05) is 19.9 Å². The monoisotopic (exact) mass is 408 g/mol.